The number of methoxy groups -OCH3 is 2. The van der Waals surface area contributed by atoms with Gasteiger partial charge in [-0.15, -0.1) is 0 Å². The molecule has 2 heterocycles. The Hall–Kier alpha value is -1.79. The maximum absolute atomic E-state index is 12.4. The fourth-order valence-corrected chi connectivity index (χ4v) is 3.18. The Balaban J connectivity index is 2.32. The molecule has 0 aromatic carbocycles. The van der Waals surface area contributed by atoms with E-state index < -0.39 is 35.2 Å². The van der Waals surface area contributed by atoms with E-state index in [0.717, 1.165) is 0 Å². The molecule has 1 unspecified atom stereocenters. The summed E-state index contributed by atoms with van der Waals surface area (Å²) in [4.78, 5) is 37.7. The maximum Gasteiger partial charge on any atom is 0.412 e. The Morgan fingerprint density at radius 1 is 1.10 bits per heavy atom. The van der Waals surface area contributed by atoms with E-state index in [0.29, 0.717) is 12.8 Å². The first-order valence-electron chi connectivity index (χ1n) is 6.85. The highest BCUT2D eigenvalue weighted by atomic mass is 16.6. The van der Waals surface area contributed by atoms with Gasteiger partial charge in [0.2, 0.25) is 0 Å². The predicted molar refractivity (Wildman–Crippen MR) is 71.3 cm³/mol. The van der Waals surface area contributed by atoms with Crippen LogP contribution in [0.3, 0.4) is 0 Å². The predicted octanol–water partition coefficient (Wildman–Crippen LogP) is 1.10. The number of carbonyl (C=O) groups excluding carboxylic acids is 3. The van der Waals surface area contributed by atoms with Crippen LogP contribution in [0.25, 0.3) is 0 Å². The molecular formula is C14H21NO6. The van der Waals surface area contributed by atoms with E-state index >= 15 is 0 Å². The summed E-state index contributed by atoms with van der Waals surface area (Å²) >= 11 is 0. The molecule has 0 N–H and O–H groups in total. The Morgan fingerprint density at radius 2 is 1.67 bits per heavy atom. The van der Waals surface area contributed by atoms with Crippen LogP contribution < -0.4 is 0 Å². The van der Waals surface area contributed by atoms with Gasteiger partial charge in [0, 0.05) is 0 Å². The summed E-state index contributed by atoms with van der Waals surface area (Å²) in [6.45, 7) is 5.18. The van der Waals surface area contributed by atoms with Crippen molar-refractivity contribution < 1.29 is 28.6 Å². The first-order chi connectivity index (χ1) is 9.66. The first kappa shape index (κ1) is 15.6. The van der Waals surface area contributed by atoms with Gasteiger partial charge in [-0.2, -0.15) is 0 Å². The van der Waals surface area contributed by atoms with Crippen LogP contribution in [0.2, 0.25) is 0 Å². The van der Waals surface area contributed by atoms with Crippen molar-refractivity contribution in [2.45, 2.75) is 50.8 Å². The molecule has 3 rings (SSSR count). The summed E-state index contributed by atoms with van der Waals surface area (Å²) in [7, 11) is 2.53. The van der Waals surface area contributed by atoms with Gasteiger partial charge < -0.3 is 14.2 Å². The molecule has 7 heteroatoms. The van der Waals surface area contributed by atoms with Crippen LogP contribution >= 0.6 is 0 Å². The number of esters is 2. The Kier molecular flexibility index (Phi) is 3.63. The third-order valence-electron chi connectivity index (χ3n) is 3.98. The normalized spacial score (nSPS) is 30.4. The molecule has 0 radical (unpaired) electrons. The molecule has 2 bridgehead atoms. The van der Waals surface area contributed by atoms with Crippen molar-refractivity contribution in [3.63, 3.8) is 0 Å². The van der Waals surface area contributed by atoms with Gasteiger partial charge in [0.25, 0.3) is 0 Å². The summed E-state index contributed by atoms with van der Waals surface area (Å²) in [5, 5.41) is 0. The molecule has 21 heavy (non-hydrogen) atoms. The van der Waals surface area contributed by atoms with Crippen LogP contribution in [-0.2, 0) is 23.8 Å². The van der Waals surface area contributed by atoms with Gasteiger partial charge in [0.05, 0.1) is 14.2 Å². The standard InChI is InChI=1S/C14H21NO6/c1-13(2,3)21-12(18)15-9(10(16)19-4)8-6-14(15,7-8)11(17)20-5/h8-9H,6-7H2,1-5H3. The third-order valence-corrected chi connectivity index (χ3v) is 3.98. The smallest absolute Gasteiger partial charge is 0.412 e. The van der Waals surface area contributed by atoms with E-state index in [9.17, 15) is 14.4 Å². The summed E-state index contributed by atoms with van der Waals surface area (Å²) in [6, 6.07) is -0.788. The highest BCUT2D eigenvalue weighted by molar-refractivity contribution is 5.94. The lowest BCUT2D eigenvalue weighted by atomic mass is 9.72. The Labute approximate surface area is 123 Å². The lowest BCUT2D eigenvalue weighted by Gasteiger charge is -2.39. The average molecular weight is 299 g/mol. The fourth-order valence-electron chi connectivity index (χ4n) is 3.18. The van der Waals surface area contributed by atoms with Crippen LogP contribution in [0.1, 0.15) is 33.6 Å². The number of hydrogen-bond acceptors (Lipinski definition) is 6. The minimum atomic E-state index is -1.10. The molecule has 1 saturated carbocycles. The number of fused-ring (bicyclic) bond motifs is 1. The van der Waals surface area contributed by atoms with E-state index in [-0.39, 0.29) is 5.92 Å². The van der Waals surface area contributed by atoms with Crippen LogP contribution in [0.4, 0.5) is 4.79 Å². The number of amides is 1. The van der Waals surface area contributed by atoms with Crippen molar-refractivity contribution in [2.75, 3.05) is 14.2 Å². The quantitative estimate of drug-likeness (QED) is 0.561. The molecule has 3 aliphatic rings. The van der Waals surface area contributed by atoms with E-state index in [2.05, 4.69) is 0 Å². The summed E-state index contributed by atoms with van der Waals surface area (Å²) in [5.74, 6) is -1.14. The van der Waals surface area contributed by atoms with Gasteiger partial charge in [-0.05, 0) is 39.5 Å². The minimum absolute atomic E-state index is 0.0935. The zero-order valence-corrected chi connectivity index (χ0v) is 13.0. The molecule has 118 valence electrons. The molecule has 7 nitrogen and oxygen atoms in total. The molecule has 2 aliphatic heterocycles. The van der Waals surface area contributed by atoms with Gasteiger partial charge in [-0.1, -0.05) is 0 Å². The van der Waals surface area contributed by atoms with E-state index in [1.165, 1.54) is 19.1 Å². The molecule has 0 aromatic heterocycles. The zero-order chi connectivity index (χ0) is 16.0. The summed E-state index contributed by atoms with van der Waals surface area (Å²) < 4.78 is 14.9. The van der Waals surface area contributed by atoms with Crippen molar-refractivity contribution in [3.8, 4) is 0 Å². The lowest BCUT2D eigenvalue weighted by molar-refractivity contribution is -0.157. The zero-order valence-electron chi connectivity index (χ0n) is 13.0. The van der Waals surface area contributed by atoms with Crippen LogP contribution in [0.5, 0.6) is 0 Å². The second-order valence-corrected chi connectivity index (χ2v) is 6.51. The number of ether oxygens (including phenoxy) is 3. The van der Waals surface area contributed by atoms with Gasteiger partial charge >= 0.3 is 18.0 Å². The Morgan fingerprint density at radius 3 is 2.10 bits per heavy atom. The molecule has 0 aromatic rings. The van der Waals surface area contributed by atoms with Crippen LogP contribution in [-0.4, -0.2) is 54.3 Å². The lowest BCUT2D eigenvalue weighted by Crippen LogP contribution is -2.57. The second kappa shape index (κ2) is 4.89. The number of nitrogens with zero attached hydrogens (tertiary/aromatic N) is 1. The van der Waals surface area contributed by atoms with Crippen LogP contribution in [0.15, 0.2) is 0 Å². The third kappa shape index (κ3) is 2.34. The van der Waals surface area contributed by atoms with Crippen molar-refractivity contribution in [1.82, 2.24) is 4.90 Å². The van der Waals surface area contributed by atoms with Gasteiger partial charge in [-0.3, -0.25) is 4.90 Å². The molecule has 0 spiro atoms. The molecular weight excluding hydrogens is 278 g/mol. The number of hydrogen-bond donors (Lipinski definition) is 0. The Bertz CT molecular complexity index is 474. The van der Waals surface area contributed by atoms with Gasteiger partial charge in [0.1, 0.15) is 17.2 Å². The highest BCUT2D eigenvalue weighted by Crippen LogP contribution is 2.55. The van der Waals surface area contributed by atoms with Crippen molar-refractivity contribution in [1.29, 1.82) is 0 Å². The SMILES string of the molecule is COC(=O)C1C2CC(C(=O)OC)(C2)N1C(=O)OC(C)(C)C. The second-order valence-electron chi connectivity index (χ2n) is 6.51. The summed E-state index contributed by atoms with van der Waals surface area (Å²) in [6.07, 6.45) is 0.112. The molecule has 2 saturated heterocycles. The molecule has 3 fully saturated rings. The highest BCUT2D eigenvalue weighted by Gasteiger charge is 2.71. The monoisotopic (exact) mass is 299 g/mol. The largest absolute Gasteiger partial charge is 0.467 e. The maximum atomic E-state index is 12.4. The van der Waals surface area contributed by atoms with Crippen LogP contribution in [0, 0.1) is 5.92 Å². The van der Waals surface area contributed by atoms with E-state index in [1.807, 2.05) is 0 Å². The molecule has 1 amide bonds. The van der Waals surface area contributed by atoms with E-state index in [4.69, 9.17) is 14.2 Å². The van der Waals surface area contributed by atoms with Crippen molar-refractivity contribution in [2.24, 2.45) is 5.92 Å². The topological polar surface area (TPSA) is 82.1 Å². The molecule has 1 atom stereocenters. The van der Waals surface area contributed by atoms with Gasteiger partial charge in [-0.25, -0.2) is 14.4 Å². The number of rotatable bonds is 2. The van der Waals surface area contributed by atoms with Crippen molar-refractivity contribution in [3.05, 3.63) is 0 Å². The van der Waals surface area contributed by atoms with E-state index in [1.54, 1.807) is 20.8 Å². The fraction of sp³-hybridized carbons (Fsp3) is 0.786. The molecule has 1 aliphatic carbocycles. The van der Waals surface area contributed by atoms with Gasteiger partial charge in [0.15, 0.2) is 0 Å². The van der Waals surface area contributed by atoms with Crippen molar-refractivity contribution >= 4 is 18.0 Å². The first-order valence-corrected chi connectivity index (χ1v) is 6.85. The number of carbonyl (C=O) groups is 3. The summed E-state index contributed by atoms with van der Waals surface area (Å²) in [5.41, 5.74) is -1.82. The minimum Gasteiger partial charge on any atom is -0.467 e. The average Bonchev–Trinajstić information content (AvgIpc) is 2.85.